The van der Waals surface area contributed by atoms with Gasteiger partial charge in [-0.15, -0.1) is 0 Å². The first kappa shape index (κ1) is 21.6. The third kappa shape index (κ3) is 4.84. The summed E-state index contributed by atoms with van der Waals surface area (Å²) in [5, 5.41) is 2.81. The molecule has 1 amide bonds. The van der Waals surface area contributed by atoms with Crippen molar-refractivity contribution in [1.29, 1.82) is 0 Å². The highest BCUT2D eigenvalue weighted by Crippen LogP contribution is 2.40. The van der Waals surface area contributed by atoms with Crippen LogP contribution in [0.1, 0.15) is 62.0 Å². The molecule has 2 N–H and O–H groups in total. The van der Waals surface area contributed by atoms with Gasteiger partial charge in [-0.3, -0.25) is 14.5 Å². The number of hydrogen-bond acceptors (Lipinski definition) is 4. The van der Waals surface area contributed by atoms with Crippen LogP contribution in [0, 0.1) is 0 Å². The third-order valence-corrected chi connectivity index (χ3v) is 6.66. The van der Waals surface area contributed by atoms with Crippen LogP contribution in [-0.2, 0) is 4.79 Å². The fourth-order valence-electron chi connectivity index (χ4n) is 4.64. The number of likely N-dealkylation sites (tertiary alicyclic amines) is 1. The van der Waals surface area contributed by atoms with Crippen LogP contribution in [0.5, 0.6) is 0 Å². The van der Waals surface area contributed by atoms with Gasteiger partial charge in [-0.1, -0.05) is 25.0 Å². The van der Waals surface area contributed by atoms with Crippen LogP contribution in [0.3, 0.4) is 0 Å². The molecule has 1 aliphatic heterocycles. The van der Waals surface area contributed by atoms with Gasteiger partial charge in [0.05, 0.1) is 12.0 Å². The predicted octanol–water partition coefficient (Wildman–Crippen LogP) is 3.88. The summed E-state index contributed by atoms with van der Waals surface area (Å²) in [6.45, 7) is 1.87. The monoisotopic (exact) mass is 430 g/mol. The van der Waals surface area contributed by atoms with Crippen molar-refractivity contribution < 1.29 is 13.6 Å². The van der Waals surface area contributed by atoms with Gasteiger partial charge in [-0.05, 0) is 42.9 Å². The molecule has 0 bridgehead atoms. The van der Waals surface area contributed by atoms with Crippen LogP contribution in [0.4, 0.5) is 14.6 Å². The Morgan fingerprint density at radius 2 is 1.97 bits per heavy atom. The molecule has 0 spiro atoms. The van der Waals surface area contributed by atoms with Gasteiger partial charge in [0.2, 0.25) is 11.5 Å². The van der Waals surface area contributed by atoms with Crippen molar-refractivity contribution in [3.8, 4) is 0 Å². The summed E-state index contributed by atoms with van der Waals surface area (Å²) in [6.07, 6.45) is 7.67. The molecular formula is C23H28F2N4O2. The van der Waals surface area contributed by atoms with E-state index in [9.17, 15) is 18.4 Å². The number of halogens is 2. The smallest absolute Gasteiger partial charge is 0.257 e. The molecule has 2 aromatic rings. The Kier molecular flexibility index (Phi) is 6.18. The van der Waals surface area contributed by atoms with Crippen molar-refractivity contribution >= 4 is 11.7 Å². The Morgan fingerprint density at radius 3 is 2.61 bits per heavy atom. The van der Waals surface area contributed by atoms with Crippen LogP contribution in [0.2, 0.25) is 0 Å². The molecule has 6 nitrogen and oxygen atoms in total. The molecule has 1 saturated carbocycles. The first-order valence-electron chi connectivity index (χ1n) is 10.9. The first-order valence-corrected chi connectivity index (χ1v) is 10.9. The number of carbonyl (C=O) groups is 1. The molecule has 2 aliphatic rings. The standard InChI is InChI=1S/C23H28F2N4O2/c1-15(22(31)28-20-8-6-17(12-26-20)16-4-2-3-5-16)29-11-10-23(24,25)19(14-29)18-7-9-21(30)27-13-18/h6-9,12-13,15-16,19H,2-5,10-11,14H2,1H3,(H,27,30)(H,26,28,31)/t15?,19-/m1/s1. The molecule has 1 aliphatic carbocycles. The van der Waals surface area contributed by atoms with Gasteiger partial charge in [-0.2, -0.15) is 0 Å². The summed E-state index contributed by atoms with van der Waals surface area (Å²) in [6, 6.07) is 5.92. The normalized spacial score (nSPS) is 22.9. The highest BCUT2D eigenvalue weighted by atomic mass is 19.3. The van der Waals surface area contributed by atoms with Crippen LogP contribution in [0.25, 0.3) is 0 Å². The van der Waals surface area contributed by atoms with Crippen molar-refractivity contribution in [2.75, 3.05) is 18.4 Å². The average Bonchev–Trinajstić information content (AvgIpc) is 3.29. The van der Waals surface area contributed by atoms with Gasteiger partial charge < -0.3 is 10.3 Å². The summed E-state index contributed by atoms with van der Waals surface area (Å²) in [4.78, 5) is 32.7. The minimum atomic E-state index is -2.90. The number of hydrogen-bond donors (Lipinski definition) is 2. The largest absolute Gasteiger partial charge is 0.329 e. The number of carbonyl (C=O) groups excluding carboxylic acids is 1. The molecule has 31 heavy (non-hydrogen) atoms. The number of alkyl halides is 2. The number of amides is 1. The molecule has 2 fully saturated rings. The number of nitrogens with one attached hydrogen (secondary N) is 2. The van der Waals surface area contributed by atoms with Crippen LogP contribution in [-0.4, -0.2) is 45.8 Å². The quantitative estimate of drug-likeness (QED) is 0.755. The zero-order valence-corrected chi connectivity index (χ0v) is 17.6. The lowest BCUT2D eigenvalue weighted by Crippen LogP contribution is -2.52. The molecule has 1 saturated heterocycles. The molecule has 0 aromatic carbocycles. The number of piperidine rings is 1. The molecule has 2 aromatic heterocycles. The van der Waals surface area contributed by atoms with Crippen LogP contribution in [0.15, 0.2) is 41.5 Å². The van der Waals surface area contributed by atoms with E-state index in [4.69, 9.17) is 0 Å². The molecule has 8 heteroatoms. The van der Waals surface area contributed by atoms with Crippen LogP contribution < -0.4 is 10.9 Å². The van der Waals surface area contributed by atoms with E-state index in [1.165, 1.54) is 49.6 Å². The van der Waals surface area contributed by atoms with Crippen LogP contribution >= 0.6 is 0 Å². The first-order chi connectivity index (χ1) is 14.8. The number of aromatic amines is 1. The SMILES string of the molecule is CC(C(=O)Nc1ccc(C2CCCC2)cn1)N1CCC(F)(F)[C@@H](c2ccc(=O)[nH]c2)C1. The van der Waals surface area contributed by atoms with Crippen molar-refractivity contribution in [3.05, 3.63) is 58.1 Å². The second-order valence-electron chi connectivity index (χ2n) is 8.67. The number of rotatable bonds is 5. The molecule has 2 atom stereocenters. The molecule has 1 unspecified atom stereocenters. The van der Waals surface area contributed by atoms with Crippen molar-refractivity contribution in [1.82, 2.24) is 14.9 Å². The fourth-order valence-corrected chi connectivity index (χ4v) is 4.64. The number of aromatic nitrogens is 2. The van der Waals surface area contributed by atoms with Gasteiger partial charge >= 0.3 is 0 Å². The molecule has 0 radical (unpaired) electrons. The minimum Gasteiger partial charge on any atom is -0.329 e. The summed E-state index contributed by atoms with van der Waals surface area (Å²) < 4.78 is 29.2. The number of H-pyrrole nitrogens is 1. The molecular weight excluding hydrogens is 402 g/mol. The summed E-state index contributed by atoms with van der Waals surface area (Å²) in [7, 11) is 0. The van der Waals surface area contributed by atoms with Gasteiger partial charge in [-0.25, -0.2) is 13.8 Å². The van der Waals surface area contributed by atoms with E-state index in [0.29, 0.717) is 17.3 Å². The van der Waals surface area contributed by atoms with Crippen molar-refractivity contribution in [3.63, 3.8) is 0 Å². The highest BCUT2D eigenvalue weighted by Gasteiger charge is 2.46. The summed E-state index contributed by atoms with van der Waals surface area (Å²) in [5.41, 5.74) is 1.23. The predicted molar refractivity (Wildman–Crippen MR) is 114 cm³/mol. The van der Waals surface area contributed by atoms with E-state index < -0.39 is 17.9 Å². The molecule has 166 valence electrons. The average molecular weight is 430 g/mol. The van der Waals surface area contributed by atoms with E-state index >= 15 is 0 Å². The summed E-state index contributed by atoms with van der Waals surface area (Å²) >= 11 is 0. The molecule has 3 heterocycles. The van der Waals surface area contributed by atoms with E-state index in [2.05, 4.69) is 15.3 Å². The lowest BCUT2D eigenvalue weighted by molar-refractivity contribution is -0.125. The van der Waals surface area contributed by atoms with E-state index in [1.807, 2.05) is 18.3 Å². The number of pyridine rings is 2. The lowest BCUT2D eigenvalue weighted by atomic mass is 9.87. The minimum absolute atomic E-state index is 0.0294. The second-order valence-corrected chi connectivity index (χ2v) is 8.67. The van der Waals surface area contributed by atoms with Crippen molar-refractivity contribution in [2.45, 2.75) is 62.8 Å². The Balaban J connectivity index is 1.41. The maximum absolute atomic E-state index is 14.6. The van der Waals surface area contributed by atoms with Gasteiger partial charge in [0.15, 0.2) is 0 Å². The number of nitrogens with zero attached hydrogens (tertiary/aromatic N) is 2. The topological polar surface area (TPSA) is 78.1 Å². The zero-order valence-electron chi connectivity index (χ0n) is 17.6. The van der Waals surface area contributed by atoms with E-state index in [-0.39, 0.29) is 31.0 Å². The molecule has 4 rings (SSSR count). The Bertz CT molecular complexity index is 950. The van der Waals surface area contributed by atoms with E-state index in [0.717, 1.165) is 0 Å². The van der Waals surface area contributed by atoms with Gasteiger partial charge in [0.25, 0.3) is 5.92 Å². The van der Waals surface area contributed by atoms with Crippen molar-refractivity contribution in [2.24, 2.45) is 0 Å². The highest BCUT2D eigenvalue weighted by molar-refractivity contribution is 5.93. The fraction of sp³-hybridized carbons (Fsp3) is 0.522. The zero-order chi connectivity index (χ0) is 22.0. The van der Waals surface area contributed by atoms with Gasteiger partial charge in [0, 0.05) is 38.0 Å². The Hall–Kier alpha value is -2.61. The maximum Gasteiger partial charge on any atom is 0.257 e. The summed E-state index contributed by atoms with van der Waals surface area (Å²) in [5.74, 6) is -3.24. The second kappa shape index (κ2) is 8.86. The lowest BCUT2D eigenvalue weighted by Gasteiger charge is -2.40. The Labute approximate surface area is 180 Å². The van der Waals surface area contributed by atoms with E-state index in [1.54, 1.807) is 11.8 Å². The third-order valence-electron chi connectivity index (χ3n) is 6.66. The number of anilines is 1. The maximum atomic E-state index is 14.6. The Morgan fingerprint density at radius 1 is 1.23 bits per heavy atom. The van der Waals surface area contributed by atoms with Gasteiger partial charge in [0.1, 0.15) is 5.82 Å².